The molecular formula is C28H17ClF3N3O5S. The van der Waals surface area contributed by atoms with Crippen LogP contribution in [0.2, 0.25) is 5.02 Å². The molecule has 13 heteroatoms. The predicted molar refractivity (Wildman–Crippen MR) is 147 cm³/mol. The average molecular weight is 600 g/mol. The smallest absolute Gasteiger partial charge is 0.416 e. The maximum atomic E-state index is 13.3. The minimum absolute atomic E-state index is 0.00118. The lowest BCUT2D eigenvalue weighted by Crippen LogP contribution is -2.26. The van der Waals surface area contributed by atoms with Gasteiger partial charge in [0, 0.05) is 33.1 Å². The zero-order valence-electron chi connectivity index (χ0n) is 20.9. The summed E-state index contributed by atoms with van der Waals surface area (Å²) in [5, 5.41) is 30.8. The van der Waals surface area contributed by atoms with E-state index in [-0.39, 0.29) is 35.2 Å². The van der Waals surface area contributed by atoms with Crippen LogP contribution in [0.3, 0.4) is 0 Å². The second-order valence-corrected chi connectivity index (χ2v) is 10.2. The number of ether oxygens (including phenoxy) is 1. The number of aromatic hydroxyl groups is 1. The van der Waals surface area contributed by atoms with Gasteiger partial charge in [0.1, 0.15) is 18.1 Å². The molecule has 0 unspecified atom stereocenters. The molecule has 208 valence electrons. The summed E-state index contributed by atoms with van der Waals surface area (Å²) in [5.41, 5.74) is -0.886. The third-order valence-electron chi connectivity index (χ3n) is 6.54. The molecule has 0 atom stereocenters. The number of nitriles is 1. The summed E-state index contributed by atoms with van der Waals surface area (Å²) in [5.74, 6) is -1.31. The lowest BCUT2D eigenvalue weighted by molar-refractivity contribution is -0.137. The predicted octanol–water partition coefficient (Wildman–Crippen LogP) is 6.61. The van der Waals surface area contributed by atoms with E-state index in [0.717, 1.165) is 4.57 Å². The first-order chi connectivity index (χ1) is 19.4. The molecule has 8 nitrogen and oxygen atoms in total. The first-order valence-electron chi connectivity index (χ1n) is 11.8. The van der Waals surface area contributed by atoms with Crippen LogP contribution < -0.4 is 10.3 Å². The van der Waals surface area contributed by atoms with E-state index in [1.807, 2.05) is 0 Å². The van der Waals surface area contributed by atoms with E-state index < -0.39 is 34.6 Å². The van der Waals surface area contributed by atoms with Crippen molar-refractivity contribution in [2.75, 3.05) is 6.61 Å². The molecule has 5 aromatic rings. The number of halogens is 4. The van der Waals surface area contributed by atoms with E-state index in [0.29, 0.717) is 44.2 Å². The summed E-state index contributed by atoms with van der Waals surface area (Å²) in [7, 11) is 0. The summed E-state index contributed by atoms with van der Waals surface area (Å²) in [6.45, 7) is 1.15. The molecule has 0 fully saturated rings. The van der Waals surface area contributed by atoms with Gasteiger partial charge < -0.3 is 19.5 Å². The lowest BCUT2D eigenvalue weighted by Gasteiger charge is -2.17. The SMILES string of the molecule is Cc1c(O)c2cc(C(F)(F)F)cc(C#N)c2c(=O)n1CCOc1ccc(Cl)cc1-c1ccnc2c(C(=O)O)csc12. The number of pyridine rings is 2. The van der Waals surface area contributed by atoms with Crippen molar-refractivity contribution < 1.29 is 32.9 Å². The molecule has 0 aliphatic rings. The van der Waals surface area contributed by atoms with E-state index in [1.54, 1.807) is 30.3 Å². The largest absolute Gasteiger partial charge is 0.505 e. The van der Waals surface area contributed by atoms with Crippen LogP contribution in [0.4, 0.5) is 13.2 Å². The fraction of sp³-hybridized carbons (Fsp3) is 0.143. The highest BCUT2D eigenvalue weighted by Crippen LogP contribution is 2.40. The van der Waals surface area contributed by atoms with Crippen molar-refractivity contribution in [2.45, 2.75) is 19.6 Å². The number of carboxylic acid groups (broad SMARTS) is 1. The van der Waals surface area contributed by atoms with Crippen molar-refractivity contribution in [3.63, 3.8) is 0 Å². The summed E-state index contributed by atoms with van der Waals surface area (Å²) < 4.78 is 47.8. The highest BCUT2D eigenvalue weighted by atomic mass is 35.5. The lowest BCUT2D eigenvalue weighted by atomic mass is 10.0. The minimum Gasteiger partial charge on any atom is -0.505 e. The van der Waals surface area contributed by atoms with Gasteiger partial charge in [-0.25, -0.2) is 4.79 Å². The Morgan fingerprint density at radius 3 is 2.66 bits per heavy atom. The number of aromatic nitrogens is 2. The average Bonchev–Trinajstić information content (AvgIpc) is 3.38. The minimum atomic E-state index is -4.78. The van der Waals surface area contributed by atoms with Gasteiger partial charge >= 0.3 is 12.1 Å². The normalized spacial score (nSPS) is 11.6. The molecule has 0 radical (unpaired) electrons. The molecule has 5 rings (SSSR count). The van der Waals surface area contributed by atoms with Crippen molar-refractivity contribution in [1.82, 2.24) is 9.55 Å². The molecule has 41 heavy (non-hydrogen) atoms. The number of benzene rings is 2. The number of alkyl halides is 3. The van der Waals surface area contributed by atoms with Crippen LogP contribution in [0, 0.1) is 18.3 Å². The van der Waals surface area contributed by atoms with Gasteiger partial charge in [-0.2, -0.15) is 18.4 Å². The van der Waals surface area contributed by atoms with Crippen molar-refractivity contribution in [3.8, 4) is 28.7 Å². The molecule has 0 aliphatic carbocycles. The molecule has 0 spiro atoms. The number of aromatic carboxylic acids is 1. The van der Waals surface area contributed by atoms with Crippen LogP contribution in [0.1, 0.15) is 27.2 Å². The number of carbonyl (C=O) groups is 1. The zero-order chi connectivity index (χ0) is 29.6. The highest BCUT2D eigenvalue weighted by molar-refractivity contribution is 7.18. The fourth-order valence-electron chi connectivity index (χ4n) is 4.57. The molecule has 3 heterocycles. The fourth-order valence-corrected chi connectivity index (χ4v) is 5.77. The molecule has 3 aromatic heterocycles. The van der Waals surface area contributed by atoms with E-state index in [9.17, 15) is 38.2 Å². The van der Waals surface area contributed by atoms with Crippen molar-refractivity contribution >= 4 is 49.9 Å². The van der Waals surface area contributed by atoms with Crippen molar-refractivity contribution in [1.29, 1.82) is 5.26 Å². The Hall–Kier alpha value is -4.60. The third kappa shape index (κ3) is 4.94. The Morgan fingerprint density at radius 2 is 1.98 bits per heavy atom. The van der Waals surface area contributed by atoms with Crippen molar-refractivity contribution in [2.24, 2.45) is 0 Å². The first kappa shape index (κ1) is 27.9. The van der Waals surface area contributed by atoms with Gasteiger partial charge in [0.15, 0.2) is 0 Å². The van der Waals surface area contributed by atoms with Gasteiger partial charge in [0.05, 0.1) is 50.6 Å². The Bertz CT molecular complexity index is 1980. The Balaban J connectivity index is 1.52. The molecule has 0 aliphatic heterocycles. The van der Waals surface area contributed by atoms with Gasteiger partial charge in [0.2, 0.25) is 0 Å². The van der Waals surface area contributed by atoms with Crippen LogP contribution in [0.5, 0.6) is 11.5 Å². The third-order valence-corrected chi connectivity index (χ3v) is 7.77. The highest BCUT2D eigenvalue weighted by Gasteiger charge is 2.32. The molecule has 0 saturated heterocycles. The number of fused-ring (bicyclic) bond motifs is 2. The number of carboxylic acids is 1. The van der Waals surface area contributed by atoms with Gasteiger partial charge in [-0.3, -0.25) is 9.78 Å². The summed E-state index contributed by atoms with van der Waals surface area (Å²) in [6.07, 6.45) is -3.31. The summed E-state index contributed by atoms with van der Waals surface area (Å²) in [4.78, 5) is 29.1. The molecule has 0 saturated carbocycles. The number of nitrogens with zero attached hydrogens (tertiary/aromatic N) is 3. The van der Waals surface area contributed by atoms with Crippen LogP contribution in [0.25, 0.3) is 32.1 Å². The molecule has 2 N–H and O–H groups in total. The van der Waals surface area contributed by atoms with E-state index >= 15 is 0 Å². The number of hydrogen-bond acceptors (Lipinski definition) is 7. The van der Waals surface area contributed by atoms with Gasteiger partial charge in [-0.15, -0.1) is 11.3 Å². The molecule has 0 amide bonds. The van der Waals surface area contributed by atoms with Crippen molar-refractivity contribution in [3.05, 3.63) is 85.7 Å². The monoisotopic (exact) mass is 599 g/mol. The number of hydrogen-bond donors (Lipinski definition) is 2. The maximum absolute atomic E-state index is 13.3. The van der Waals surface area contributed by atoms with Crippen LogP contribution in [-0.2, 0) is 12.7 Å². The zero-order valence-corrected chi connectivity index (χ0v) is 22.5. The molecular weight excluding hydrogens is 583 g/mol. The Labute approximate surface area is 238 Å². The Kier molecular flexibility index (Phi) is 7.10. The second-order valence-electron chi connectivity index (χ2n) is 8.93. The summed E-state index contributed by atoms with van der Waals surface area (Å²) in [6, 6.07) is 9.38. The van der Waals surface area contributed by atoms with E-state index in [4.69, 9.17) is 16.3 Å². The number of thiophene rings is 1. The van der Waals surface area contributed by atoms with Crippen LogP contribution in [-0.4, -0.2) is 32.3 Å². The van der Waals surface area contributed by atoms with E-state index in [1.165, 1.54) is 29.8 Å². The van der Waals surface area contributed by atoms with E-state index in [2.05, 4.69) is 4.98 Å². The second kappa shape index (κ2) is 10.4. The standard InChI is InChI=1S/C28H17ClF3N3O5S/c1-13-24(36)19-9-15(28(30,31)32)8-14(11-33)22(19)26(37)35(13)6-7-40-21-3-2-16(29)10-18(21)17-4-5-34-23-20(27(38)39)12-41-25(17)23/h2-5,8-10,12,36H,6-7H2,1H3,(H,38,39). The molecule has 0 bridgehead atoms. The molecule has 2 aromatic carbocycles. The topological polar surface area (TPSA) is 125 Å². The Morgan fingerprint density at radius 1 is 1.22 bits per heavy atom. The first-order valence-corrected chi connectivity index (χ1v) is 13.1. The number of rotatable bonds is 6. The summed E-state index contributed by atoms with van der Waals surface area (Å²) >= 11 is 7.45. The van der Waals surface area contributed by atoms with Crippen LogP contribution >= 0.6 is 22.9 Å². The van der Waals surface area contributed by atoms with Gasteiger partial charge in [-0.1, -0.05) is 11.6 Å². The maximum Gasteiger partial charge on any atom is 0.416 e. The quantitative estimate of drug-likeness (QED) is 0.225. The van der Waals surface area contributed by atoms with Gasteiger partial charge in [-0.05, 0) is 43.3 Å². The van der Waals surface area contributed by atoms with Crippen LogP contribution in [0.15, 0.2) is 52.8 Å². The van der Waals surface area contributed by atoms with Gasteiger partial charge in [0.25, 0.3) is 5.56 Å².